The molecule has 1 aliphatic heterocycles. The van der Waals surface area contributed by atoms with Crippen molar-refractivity contribution in [3.05, 3.63) is 59.7 Å². The van der Waals surface area contributed by atoms with Crippen LogP contribution in [0, 0.1) is 0 Å². The van der Waals surface area contributed by atoms with E-state index in [0.29, 0.717) is 46.6 Å². The van der Waals surface area contributed by atoms with Crippen LogP contribution in [0.5, 0.6) is 0 Å². The number of nitrogens with zero attached hydrogens (tertiary/aromatic N) is 3. The Balaban J connectivity index is 1.44. The first-order valence-electron chi connectivity index (χ1n) is 10.5. The summed E-state index contributed by atoms with van der Waals surface area (Å²) < 4.78 is 16.0. The van der Waals surface area contributed by atoms with Crippen LogP contribution < -0.4 is 10.6 Å². The number of benzene rings is 1. The summed E-state index contributed by atoms with van der Waals surface area (Å²) in [5, 5.41) is 6.14. The summed E-state index contributed by atoms with van der Waals surface area (Å²) in [7, 11) is 3.13. The van der Waals surface area contributed by atoms with E-state index in [9.17, 15) is 9.59 Å². The zero-order chi connectivity index (χ0) is 24.1. The summed E-state index contributed by atoms with van der Waals surface area (Å²) in [6, 6.07) is 9.04. The Hall–Kier alpha value is -3.47. The van der Waals surface area contributed by atoms with Crippen molar-refractivity contribution in [2.24, 2.45) is 0 Å². The van der Waals surface area contributed by atoms with Gasteiger partial charge in [-0.1, -0.05) is 11.6 Å². The van der Waals surface area contributed by atoms with Gasteiger partial charge in [0.2, 0.25) is 5.91 Å². The topological polar surface area (TPSA) is 119 Å². The number of hydrogen-bond donors (Lipinski definition) is 2. The van der Waals surface area contributed by atoms with Crippen LogP contribution >= 0.6 is 11.6 Å². The Morgan fingerprint density at radius 1 is 1.15 bits per heavy atom. The Labute approximate surface area is 201 Å². The third-order valence-electron chi connectivity index (χ3n) is 5.45. The number of pyridine rings is 1. The van der Waals surface area contributed by atoms with Gasteiger partial charge in [-0.3, -0.25) is 4.79 Å². The van der Waals surface area contributed by atoms with Crippen molar-refractivity contribution in [2.45, 2.75) is 25.2 Å². The predicted molar refractivity (Wildman–Crippen MR) is 125 cm³/mol. The molecule has 0 aliphatic carbocycles. The summed E-state index contributed by atoms with van der Waals surface area (Å²) in [4.78, 5) is 35.8. The van der Waals surface area contributed by atoms with Crippen molar-refractivity contribution in [3.63, 3.8) is 0 Å². The van der Waals surface area contributed by atoms with Crippen LogP contribution in [0.2, 0.25) is 5.02 Å². The average Bonchev–Trinajstić information content (AvgIpc) is 3.49. The monoisotopic (exact) mass is 485 g/mol. The van der Waals surface area contributed by atoms with E-state index in [4.69, 9.17) is 25.5 Å². The lowest BCUT2D eigenvalue weighted by atomic mass is 10.1. The molecule has 34 heavy (non-hydrogen) atoms. The molecule has 0 bridgehead atoms. The number of halogens is 1. The molecule has 2 aromatic heterocycles. The SMILES string of the molecule is COCc1ncoc1-c1ccc(NC(=O)[C@H]2C[C@@H](OC)CN2C(=O)Nc2ccc(Cl)cc2)nc1. The minimum atomic E-state index is -0.721. The Bertz CT molecular complexity index is 1140. The number of hydrogen-bond acceptors (Lipinski definition) is 7. The summed E-state index contributed by atoms with van der Waals surface area (Å²) in [5.41, 5.74) is 1.93. The van der Waals surface area contributed by atoms with Crippen molar-refractivity contribution in [3.8, 4) is 11.3 Å². The number of amides is 3. The van der Waals surface area contributed by atoms with Crippen molar-refractivity contribution < 1.29 is 23.5 Å². The van der Waals surface area contributed by atoms with E-state index in [1.54, 1.807) is 56.8 Å². The predicted octanol–water partition coefficient (Wildman–Crippen LogP) is 3.80. The summed E-state index contributed by atoms with van der Waals surface area (Å²) in [5.74, 6) is 0.544. The zero-order valence-electron chi connectivity index (χ0n) is 18.7. The van der Waals surface area contributed by atoms with Gasteiger partial charge >= 0.3 is 6.03 Å². The molecule has 3 heterocycles. The smallest absolute Gasteiger partial charge is 0.322 e. The van der Waals surface area contributed by atoms with E-state index in [2.05, 4.69) is 20.6 Å². The summed E-state index contributed by atoms with van der Waals surface area (Å²) >= 11 is 5.90. The lowest BCUT2D eigenvalue weighted by Gasteiger charge is -2.24. The molecule has 3 amide bonds. The second-order valence-electron chi connectivity index (χ2n) is 7.68. The van der Waals surface area contributed by atoms with Crippen molar-refractivity contribution in [1.29, 1.82) is 0 Å². The number of likely N-dealkylation sites (tertiary alicyclic amines) is 1. The van der Waals surface area contributed by atoms with Gasteiger partial charge in [-0.25, -0.2) is 14.8 Å². The quantitative estimate of drug-likeness (QED) is 0.522. The first kappa shape index (κ1) is 23.7. The van der Waals surface area contributed by atoms with Crippen LogP contribution in [0.3, 0.4) is 0 Å². The summed E-state index contributed by atoms with van der Waals surface area (Å²) in [6.45, 7) is 0.592. The molecule has 1 saturated heterocycles. The summed E-state index contributed by atoms with van der Waals surface area (Å²) in [6.07, 6.45) is 3.03. The van der Waals surface area contributed by atoms with Crippen LogP contribution in [-0.2, 0) is 20.9 Å². The minimum absolute atomic E-state index is 0.257. The molecule has 11 heteroatoms. The fraction of sp³-hybridized carbons (Fsp3) is 0.304. The first-order valence-corrected chi connectivity index (χ1v) is 10.9. The largest absolute Gasteiger partial charge is 0.443 e. The molecule has 0 radical (unpaired) electrons. The number of oxazole rings is 1. The molecule has 178 valence electrons. The first-order chi connectivity index (χ1) is 16.5. The fourth-order valence-corrected chi connectivity index (χ4v) is 3.85. The normalized spacial score (nSPS) is 17.6. The number of rotatable bonds is 7. The molecule has 0 unspecified atom stereocenters. The average molecular weight is 486 g/mol. The van der Waals surface area contributed by atoms with E-state index >= 15 is 0 Å². The molecule has 1 fully saturated rings. The molecular weight excluding hydrogens is 462 g/mol. The number of carbonyl (C=O) groups is 2. The van der Waals surface area contributed by atoms with Crippen LogP contribution in [-0.4, -0.2) is 59.7 Å². The van der Waals surface area contributed by atoms with Crippen LogP contribution in [0.15, 0.2) is 53.4 Å². The Morgan fingerprint density at radius 2 is 1.94 bits per heavy atom. The van der Waals surface area contributed by atoms with Gasteiger partial charge < -0.3 is 29.4 Å². The molecule has 4 rings (SSSR count). The highest BCUT2D eigenvalue weighted by molar-refractivity contribution is 6.30. The van der Waals surface area contributed by atoms with Crippen LogP contribution in [0.4, 0.5) is 16.3 Å². The zero-order valence-corrected chi connectivity index (χ0v) is 19.4. The molecule has 0 saturated carbocycles. The van der Waals surface area contributed by atoms with Crippen molar-refractivity contribution >= 4 is 35.0 Å². The van der Waals surface area contributed by atoms with Crippen molar-refractivity contribution in [1.82, 2.24) is 14.9 Å². The maximum Gasteiger partial charge on any atom is 0.322 e. The molecule has 10 nitrogen and oxygen atoms in total. The number of urea groups is 1. The van der Waals surface area contributed by atoms with E-state index in [1.807, 2.05) is 0 Å². The molecule has 2 N–H and O–H groups in total. The number of aromatic nitrogens is 2. The van der Waals surface area contributed by atoms with E-state index in [1.165, 1.54) is 11.3 Å². The number of anilines is 2. The molecule has 2 atom stereocenters. The number of carbonyl (C=O) groups excluding carboxylic acids is 2. The third-order valence-corrected chi connectivity index (χ3v) is 5.71. The highest BCUT2D eigenvalue weighted by Gasteiger charge is 2.40. The number of ether oxygens (including phenoxy) is 2. The molecular formula is C23H24ClN5O5. The molecule has 1 aliphatic rings. The van der Waals surface area contributed by atoms with Gasteiger partial charge in [0.05, 0.1) is 12.7 Å². The lowest BCUT2D eigenvalue weighted by Crippen LogP contribution is -2.45. The number of methoxy groups -OCH3 is 2. The highest BCUT2D eigenvalue weighted by atomic mass is 35.5. The van der Waals surface area contributed by atoms with E-state index < -0.39 is 12.1 Å². The highest BCUT2D eigenvalue weighted by Crippen LogP contribution is 2.26. The maximum atomic E-state index is 13.1. The van der Waals surface area contributed by atoms with Gasteiger partial charge in [0.25, 0.3) is 0 Å². The van der Waals surface area contributed by atoms with Crippen molar-refractivity contribution in [2.75, 3.05) is 31.4 Å². The van der Waals surface area contributed by atoms with Crippen LogP contribution in [0.25, 0.3) is 11.3 Å². The molecule has 3 aromatic rings. The van der Waals surface area contributed by atoms with Crippen LogP contribution in [0.1, 0.15) is 12.1 Å². The lowest BCUT2D eigenvalue weighted by molar-refractivity contribution is -0.119. The van der Waals surface area contributed by atoms with E-state index in [0.717, 1.165) is 0 Å². The van der Waals surface area contributed by atoms with Gasteiger partial charge in [0.1, 0.15) is 17.6 Å². The van der Waals surface area contributed by atoms with Gasteiger partial charge in [0.15, 0.2) is 12.2 Å². The second kappa shape index (κ2) is 10.6. The molecule has 0 spiro atoms. The van der Waals surface area contributed by atoms with Gasteiger partial charge in [-0.15, -0.1) is 0 Å². The minimum Gasteiger partial charge on any atom is -0.443 e. The Morgan fingerprint density at radius 3 is 2.62 bits per heavy atom. The number of nitrogens with one attached hydrogen (secondary N) is 2. The van der Waals surface area contributed by atoms with Gasteiger partial charge in [0, 0.05) is 49.7 Å². The van der Waals surface area contributed by atoms with Gasteiger partial charge in [-0.2, -0.15) is 0 Å². The third kappa shape index (κ3) is 5.36. The molecule has 1 aromatic carbocycles. The second-order valence-corrected chi connectivity index (χ2v) is 8.12. The fourth-order valence-electron chi connectivity index (χ4n) is 3.72. The Kier molecular flexibility index (Phi) is 7.41. The standard InChI is InChI=1S/C23H24ClN5O5/c1-32-12-18-21(34-13-26-18)14-3-8-20(25-10-14)28-22(30)19-9-17(33-2)11-29(19)23(31)27-16-6-4-15(24)5-7-16/h3-8,10,13,17,19H,9,11-12H2,1-2H3,(H,27,31)(H,25,28,30)/t17-,19-/m1/s1. The van der Waals surface area contributed by atoms with E-state index in [-0.39, 0.29) is 18.6 Å². The van der Waals surface area contributed by atoms with Gasteiger partial charge in [-0.05, 0) is 36.4 Å². The maximum absolute atomic E-state index is 13.1.